The first-order valence-electron chi connectivity index (χ1n) is 4.60. The van der Waals surface area contributed by atoms with Gasteiger partial charge < -0.3 is 5.11 Å². The van der Waals surface area contributed by atoms with Gasteiger partial charge in [0.1, 0.15) is 0 Å². The molecule has 0 aliphatic heterocycles. The van der Waals surface area contributed by atoms with Crippen LogP contribution in [0.5, 0.6) is 0 Å². The minimum absolute atomic E-state index is 0.100. The van der Waals surface area contributed by atoms with Gasteiger partial charge in [0.2, 0.25) is 0 Å². The summed E-state index contributed by atoms with van der Waals surface area (Å²) in [5.74, 6) is -1.03. The Morgan fingerprint density at radius 3 is 2.75 bits per heavy atom. The number of carboxylic acid groups (broad SMARTS) is 1. The van der Waals surface area contributed by atoms with Crippen molar-refractivity contribution in [2.24, 2.45) is 7.05 Å². The fraction of sp³-hybridized carbons (Fsp3) is 0.0909. The van der Waals surface area contributed by atoms with E-state index in [-0.39, 0.29) is 10.6 Å². The summed E-state index contributed by atoms with van der Waals surface area (Å²) in [4.78, 5) is 10.9. The quantitative estimate of drug-likeness (QED) is 0.871. The maximum atomic E-state index is 10.9. The first-order valence-corrected chi connectivity index (χ1v) is 4.97. The highest BCUT2D eigenvalue weighted by Gasteiger charge is 2.10. The Kier molecular flexibility index (Phi) is 2.66. The summed E-state index contributed by atoms with van der Waals surface area (Å²) in [6.45, 7) is 0. The van der Waals surface area contributed by atoms with Crippen molar-refractivity contribution >= 4 is 17.6 Å². The van der Waals surface area contributed by atoms with E-state index < -0.39 is 5.97 Å². The molecule has 0 saturated heterocycles. The van der Waals surface area contributed by atoms with Crippen molar-refractivity contribution in [1.82, 2.24) is 9.78 Å². The molecule has 0 aliphatic rings. The molecule has 0 fully saturated rings. The zero-order valence-corrected chi connectivity index (χ0v) is 9.27. The Morgan fingerprint density at radius 2 is 2.19 bits per heavy atom. The Bertz CT molecular complexity index is 549. The number of hydrogen-bond donors (Lipinski definition) is 1. The molecule has 0 spiro atoms. The van der Waals surface area contributed by atoms with Crippen molar-refractivity contribution in [3.63, 3.8) is 0 Å². The van der Waals surface area contributed by atoms with Crippen molar-refractivity contribution < 1.29 is 9.90 Å². The summed E-state index contributed by atoms with van der Waals surface area (Å²) in [7, 11) is 1.80. The Labute approximate surface area is 97.1 Å². The van der Waals surface area contributed by atoms with Gasteiger partial charge in [0, 0.05) is 18.8 Å². The number of hydrogen-bond acceptors (Lipinski definition) is 2. The third-order valence-electron chi connectivity index (χ3n) is 2.23. The largest absolute Gasteiger partial charge is 0.478 e. The van der Waals surface area contributed by atoms with E-state index in [0.29, 0.717) is 0 Å². The molecule has 2 rings (SSSR count). The minimum atomic E-state index is -1.03. The first kappa shape index (κ1) is 10.7. The van der Waals surface area contributed by atoms with Crippen LogP contribution in [0.25, 0.3) is 11.1 Å². The molecule has 1 N–H and O–H groups in total. The summed E-state index contributed by atoms with van der Waals surface area (Å²) >= 11 is 5.78. The summed E-state index contributed by atoms with van der Waals surface area (Å²) in [5, 5.41) is 13.2. The van der Waals surface area contributed by atoms with Crippen LogP contribution in [-0.4, -0.2) is 20.9 Å². The van der Waals surface area contributed by atoms with Gasteiger partial charge in [-0.1, -0.05) is 17.7 Å². The van der Waals surface area contributed by atoms with E-state index in [1.165, 1.54) is 0 Å². The number of carbonyl (C=O) groups is 1. The average molecular weight is 237 g/mol. The van der Waals surface area contributed by atoms with Gasteiger partial charge in [-0.25, -0.2) is 4.79 Å². The molecular formula is C11H9ClN2O2. The van der Waals surface area contributed by atoms with E-state index in [1.54, 1.807) is 36.1 Å². The van der Waals surface area contributed by atoms with Crippen LogP contribution in [-0.2, 0) is 7.05 Å². The van der Waals surface area contributed by atoms with Crippen molar-refractivity contribution in [2.45, 2.75) is 0 Å². The van der Waals surface area contributed by atoms with E-state index >= 15 is 0 Å². The standard InChI is InChI=1S/C11H9ClN2O2/c1-14-6-8(5-13-14)7-2-3-10(12)9(4-7)11(15)16/h2-6H,1H3,(H,15,16). The van der Waals surface area contributed by atoms with Crippen LogP contribution in [0.2, 0.25) is 5.02 Å². The maximum absolute atomic E-state index is 10.9. The second-order valence-electron chi connectivity index (χ2n) is 3.40. The summed E-state index contributed by atoms with van der Waals surface area (Å²) < 4.78 is 1.66. The van der Waals surface area contributed by atoms with Crippen LogP contribution in [0.4, 0.5) is 0 Å². The van der Waals surface area contributed by atoms with Crippen LogP contribution < -0.4 is 0 Å². The number of halogens is 1. The van der Waals surface area contributed by atoms with Crippen molar-refractivity contribution in [3.05, 3.63) is 41.2 Å². The van der Waals surface area contributed by atoms with Gasteiger partial charge in [-0.05, 0) is 17.7 Å². The molecule has 16 heavy (non-hydrogen) atoms. The molecule has 0 atom stereocenters. The van der Waals surface area contributed by atoms with Gasteiger partial charge >= 0.3 is 5.97 Å². The van der Waals surface area contributed by atoms with Crippen LogP contribution >= 0.6 is 11.6 Å². The number of benzene rings is 1. The van der Waals surface area contributed by atoms with Crippen molar-refractivity contribution in [1.29, 1.82) is 0 Å². The monoisotopic (exact) mass is 236 g/mol. The van der Waals surface area contributed by atoms with E-state index in [0.717, 1.165) is 11.1 Å². The molecule has 0 radical (unpaired) electrons. The molecule has 82 valence electrons. The molecule has 0 amide bonds. The van der Waals surface area contributed by atoms with Gasteiger partial charge in [0.15, 0.2) is 0 Å². The number of rotatable bonds is 2. The lowest BCUT2D eigenvalue weighted by atomic mass is 10.1. The number of aromatic carboxylic acids is 1. The number of carboxylic acids is 1. The maximum Gasteiger partial charge on any atom is 0.337 e. The Morgan fingerprint density at radius 1 is 1.44 bits per heavy atom. The fourth-order valence-electron chi connectivity index (χ4n) is 1.44. The molecule has 2 aromatic rings. The molecule has 4 nitrogen and oxygen atoms in total. The van der Waals surface area contributed by atoms with Gasteiger partial charge in [0.05, 0.1) is 16.8 Å². The molecule has 1 aromatic heterocycles. The van der Waals surface area contributed by atoms with Crippen LogP contribution in [0.1, 0.15) is 10.4 Å². The SMILES string of the molecule is Cn1cc(-c2ccc(Cl)c(C(=O)O)c2)cn1. The minimum Gasteiger partial charge on any atom is -0.478 e. The van der Waals surface area contributed by atoms with E-state index in [2.05, 4.69) is 5.10 Å². The zero-order valence-electron chi connectivity index (χ0n) is 8.51. The third kappa shape index (κ3) is 1.92. The third-order valence-corrected chi connectivity index (χ3v) is 2.56. The molecule has 0 aliphatic carbocycles. The van der Waals surface area contributed by atoms with E-state index in [9.17, 15) is 4.79 Å². The van der Waals surface area contributed by atoms with E-state index in [1.807, 2.05) is 6.20 Å². The smallest absolute Gasteiger partial charge is 0.337 e. The predicted molar refractivity (Wildman–Crippen MR) is 60.6 cm³/mol. The van der Waals surface area contributed by atoms with E-state index in [4.69, 9.17) is 16.7 Å². The number of aryl methyl sites for hydroxylation is 1. The summed E-state index contributed by atoms with van der Waals surface area (Å²) in [5.41, 5.74) is 1.75. The highest BCUT2D eigenvalue weighted by molar-refractivity contribution is 6.33. The van der Waals surface area contributed by atoms with Crippen molar-refractivity contribution in [2.75, 3.05) is 0 Å². The summed E-state index contributed by atoms with van der Waals surface area (Å²) in [6, 6.07) is 4.89. The Hall–Kier alpha value is -1.81. The van der Waals surface area contributed by atoms with Crippen molar-refractivity contribution in [3.8, 4) is 11.1 Å². The van der Waals surface area contributed by atoms with Gasteiger partial charge in [0.25, 0.3) is 0 Å². The topological polar surface area (TPSA) is 55.1 Å². The molecule has 0 saturated carbocycles. The molecule has 0 unspecified atom stereocenters. The second kappa shape index (κ2) is 3.98. The molecule has 1 aromatic carbocycles. The van der Waals surface area contributed by atoms with Crippen LogP contribution in [0.15, 0.2) is 30.6 Å². The van der Waals surface area contributed by atoms with Crippen LogP contribution in [0, 0.1) is 0 Å². The van der Waals surface area contributed by atoms with Gasteiger partial charge in [-0.3, -0.25) is 4.68 Å². The molecule has 0 bridgehead atoms. The number of aromatic nitrogens is 2. The lowest BCUT2D eigenvalue weighted by Gasteiger charge is -2.01. The van der Waals surface area contributed by atoms with Crippen LogP contribution in [0.3, 0.4) is 0 Å². The average Bonchev–Trinajstić information content (AvgIpc) is 2.65. The molecule has 5 heteroatoms. The highest BCUT2D eigenvalue weighted by Crippen LogP contribution is 2.24. The van der Waals surface area contributed by atoms with Gasteiger partial charge in [-0.2, -0.15) is 5.10 Å². The number of nitrogens with zero attached hydrogens (tertiary/aromatic N) is 2. The highest BCUT2D eigenvalue weighted by atomic mass is 35.5. The second-order valence-corrected chi connectivity index (χ2v) is 3.81. The summed E-state index contributed by atoms with van der Waals surface area (Å²) in [6.07, 6.45) is 3.49. The fourth-order valence-corrected chi connectivity index (χ4v) is 1.64. The first-order chi connectivity index (χ1) is 7.58. The normalized spacial score (nSPS) is 10.4. The Balaban J connectivity index is 2.51. The zero-order chi connectivity index (χ0) is 11.7. The van der Waals surface area contributed by atoms with Gasteiger partial charge in [-0.15, -0.1) is 0 Å². The predicted octanol–water partition coefficient (Wildman–Crippen LogP) is 2.44. The molecular weight excluding hydrogens is 228 g/mol. The lowest BCUT2D eigenvalue weighted by Crippen LogP contribution is -1.97. The molecule has 1 heterocycles. The lowest BCUT2D eigenvalue weighted by molar-refractivity contribution is 0.0697.